The zero-order valence-corrected chi connectivity index (χ0v) is 16.9. The van der Waals surface area contributed by atoms with Crippen LogP contribution in [0.4, 0.5) is 5.69 Å². The van der Waals surface area contributed by atoms with E-state index in [9.17, 15) is 4.79 Å². The molecule has 0 aliphatic rings. The molecule has 0 atom stereocenters. The maximum atomic E-state index is 12.6. The summed E-state index contributed by atoms with van der Waals surface area (Å²) in [4.78, 5) is 17.1. The fraction of sp³-hybridized carbons (Fsp3) is 0.227. The Hall–Kier alpha value is -2.99. The summed E-state index contributed by atoms with van der Waals surface area (Å²) in [6.45, 7) is 4.05. The van der Waals surface area contributed by atoms with Crippen LogP contribution in [0, 0.1) is 6.92 Å². The van der Waals surface area contributed by atoms with E-state index in [2.05, 4.69) is 40.2 Å². The van der Waals surface area contributed by atoms with Gasteiger partial charge in [-0.1, -0.05) is 43.7 Å². The third-order valence-corrected chi connectivity index (χ3v) is 4.61. The first-order chi connectivity index (χ1) is 13.6. The van der Waals surface area contributed by atoms with Crippen molar-refractivity contribution >= 4 is 39.8 Å². The largest absolute Gasteiger partial charge is 0.331 e. The van der Waals surface area contributed by atoms with Gasteiger partial charge in [-0.05, 0) is 61.8 Å². The fourth-order valence-corrected chi connectivity index (χ4v) is 3.14. The summed E-state index contributed by atoms with van der Waals surface area (Å²) in [6.07, 6.45) is 3.44. The number of hydrogen-bond acceptors (Lipinski definition) is 3. The van der Waals surface area contributed by atoms with Crippen LogP contribution in [-0.2, 0) is 6.42 Å². The molecule has 6 heteroatoms. The second-order valence-corrected chi connectivity index (χ2v) is 7.07. The summed E-state index contributed by atoms with van der Waals surface area (Å²) in [6, 6.07) is 17.5. The number of nitrogens with zero attached hydrogens (tertiary/aromatic N) is 1. The van der Waals surface area contributed by atoms with Crippen molar-refractivity contribution < 1.29 is 4.79 Å². The second-order valence-electron chi connectivity index (χ2n) is 6.66. The normalized spacial score (nSPS) is 10.5. The van der Waals surface area contributed by atoms with Crippen LogP contribution < -0.4 is 16.2 Å². The van der Waals surface area contributed by atoms with E-state index in [4.69, 9.17) is 12.2 Å². The second kappa shape index (κ2) is 9.28. The van der Waals surface area contributed by atoms with Crippen molar-refractivity contribution in [3.05, 3.63) is 71.4 Å². The van der Waals surface area contributed by atoms with Gasteiger partial charge in [-0.3, -0.25) is 20.6 Å². The summed E-state index contributed by atoms with van der Waals surface area (Å²) >= 11 is 5.28. The number of anilines is 1. The molecule has 3 N–H and O–H groups in total. The Balaban J connectivity index is 1.60. The van der Waals surface area contributed by atoms with Crippen molar-refractivity contribution in [1.82, 2.24) is 15.8 Å². The van der Waals surface area contributed by atoms with Crippen LogP contribution in [0.3, 0.4) is 0 Å². The average molecular weight is 393 g/mol. The molecule has 0 aliphatic heterocycles. The Morgan fingerprint density at radius 1 is 1.07 bits per heavy atom. The van der Waals surface area contributed by atoms with E-state index in [1.807, 2.05) is 43.3 Å². The Bertz CT molecular complexity index is 985. The van der Waals surface area contributed by atoms with Crippen molar-refractivity contribution in [2.45, 2.75) is 33.1 Å². The standard InChI is InChI=1S/C22H24N4OS/c1-3-4-7-16-10-12-17(13-11-16)24-22(28)26-25-21(27)19-14-15(2)23-20-9-6-5-8-18(19)20/h5-6,8-14H,3-4,7H2,1-2H3,(H,25,27)(H2,24,26,28). The van der Waals surface area contributed by atoms with Gasteiger partial charge in [0.2, 0.25) is 0 Å². The number of amides is 1. The number of hydrazine groups is 1. The Labute approximate surface area is 170 Å². The van der Waals surface area contributed by atoms with E-state index in [1.165, 1.54) is 18.4 Å². The molecule has 1 amide bonds. The molecule has 2 aromatic carbocycles. The van der Waals surface area contributed by atoms with E-state index in [0.29, 0.717) is 10.7 Å². The van der Waals surface area contributed by atoms with Crippen molar-refractivity contribution in [2.75, 3.05) is 5.32 Å². The van der Waals surface area contributed by atoms with Crippen molar-refractivity contribution in [1.29, 1.82) is 0 Å². The summed E-state index contributed by atoms with van der Waals surface area (Å²) in [5, 5.41) is 4.20. The van der Waals surface area contributed by atoms with Crippen LogP contribution in [0.1, 0.15) is 41.4 Å². The van der Waals surface area contributed by atoms with E-state index < -0.39 is 0 Å². The number of carbonyl (C=O) groups is 1. The molecule has 3 aromatic rings. The lowest BCUT2D eigenvalue weighted by molar-refractivity contribution is 0.0945. The van der Waals surface area contributed by atoms with Gasteiger partial charge in [-0.25, -0.2) is 0 Å². The zero-order chi connectivity index (χ0) is 19.9. The molecule has 0 saturated carbocycles. The number of para-hydroxylation sites is 1. The number of fused-ring (bicyclic) bond motifs is 1. The lowest BCUT2D eigenvalue weighted by Crippen LogP contribution is -2.43. The number of carbonyl (C=O) groups excluding carboxylic acids is 1. The number of rotatable bonds is 5. The first-order valence-corrected chi connectivity index (χ1v) is 9.80. The molecule has 0 saturated heterocycles. The van der Waals surface area contributed by atoms with Crippen LogP contribution in [0.5, 0.6) is 0 Å². The first-order valence-electron chi connectivity index (χ1n) is 9.39. The molecule has 0 radical (unpaired) electrons. The minimum absolute atomic E-state index is 0.263. The molecule has 0 aliphatic carbocycles. The number of nitrogens with one attached hydrogen (secondary N) is 3. The van der Waals surface area contributed by atoms with Gasteiger partial charge in [-0.15, -0.1) is 0 Å². The molecule has 5 nitrogen and oxygen atoms in total. The maximum Gasteiger partial charge on any atom is 0.270 e. The topological polar surface area (TPSA) is 66.0 Å². The summed E-state index contributed by atoms with van der Waals surface area (Å²) in [5.74, 6) is -0.263. The van der Waals surface area contributed by atoms with Gasteiger partial charge in [0, 0.05) is 16.8 Å². The minimum Gasteiger partial charge on any atom is -0.331 e. The molecular formula is C22H24N4OS. The smallest absolute Gasteiger partial charge is 0.270 e. The maximum absolute atomic E-state index is 12.6. The molecule has 0 unspecified atom stereocenters. The highest BCUT2D eigenvalue weighted by Gasteiger charge is 2.12. The number of pyridine rings is 1. The van der Waals surface area contributed by atoms with Crippen LogP contribution in [0.2, 0.25) is 0 Å². The monoisotopic (exact) mass is 392 g/mol. The highest BCUT2D eigenvalue weighted by Crippen LogP contribution is 2.18. The SMILES string of the molecule is CCCCc1ccc(NC(=S)NNC(=O)c2cc(C)nc3ccccc23)cc1. The average Bonchev–Trinajstić information content (AvgIpc) is 2.71. The van der Waals surface area contributed by atoms with E-state index in [-0.39, 0.29) is 5.91 Å². The number of aryl methyl sites for hydroxylation is 2. The van der Waals surface area contributed by atoms with Gasteiger partial charge in [-0.2, -0.15) is 0 Å². The third kappa shape index (κ3) is 5.04. The van der Waals surface area contributed by atoms with Crippen molar-refractivity contribution in [2.24, 2.45) is 0 Å². The van der Waals surface area contributed by atoms with Gasteiger partial charge >= 0.3 is 0 Å². The predicted molar refractivity (Wildman–Crippen MR) is 118 cm³/mol. The Kier molecular flexibility index (Phi) is 6.55. The van der Waals surface area contributed by atoms with Crippen LogP contribution in [-0.4, -0.2) is 16.0 Å². The predicted octanol–water partition coefficient (Wildman–Crippen LogP) is 4.52. The highest BCUT2D eigenvalue weighted by atomic mass is 32.1. The fourth-order valence-electron chi connectivity index (χ4n) is 2.97. The first kappa shape index (κ1) is 19.8. The van der Waals surface area contributed by atoms with Crippen molar-refractivity contribution in [3.63, 3.8) is 0 Å². The van der Waals surface area contributed by atoms with E-state index in [1.54, 1.807) is 6.07 Å². The molecule has 0 spiro atoms. The molecular weight excluding hydrogens is 368 g/mol. The van der Waals surface area contributed by atoms with Crippen LogP contribution in [0.15, 0.2) is 54.6 Å². The van der Waals surface area contributed by atoms with E-state index >= 15 is 0 Å². The number of hydrogen-bond donors (Lipinski definition) is 3. The van der Waals surface area contributed by atoms with Gasteiger partial charge in [0.25, 0.3) is 5.91 Å². The van der Waals surface area contributed by atoms with Gasteiger partial charge in [0.05, 0.1) is 11.1 Å². The van der Waals surface area contributed by atoms with Crippen LogP contribution >= 0.6 is 12.2 Å². The molecule has 0 fully saturated rings. The summed E-state index contributed by atoms with van der Waals surface area (Å²) in [7, 11) is 0. The van der Waals surface area contributed by atoms with Gasteiger partial charge < -0.3 is 5.32 Å². The molecule has 1 aromatic heterocycles. The summed E-state index contributed by atoms with van der Waals surface area (Å²) < 4.78 is 0. The number of thiocarbonyl (C=S) groups is 1. The molecule has 144 valence electrons. The number of benzene rings is 2. The van der Waals surface area contributed by atoms with Gasteiger partial charge in [0.1, 0.15) is 0 Å². The molecule has 28 heavy (non-hydrogen) atoms. The molecule has 1 heterocycles. The number of unbranched alkanes of at least 4 members (excludes halogenated alkanes) is 1. The van der Waals surface area contributed by atoms with Crippen molar-refractivity contribution in [3.8, 4) is 0 Å². The lowest BCUT2D eigenvalue weighted by atomic mass is 10.1. The molecule has 0 bridgehead atoms. The lowest BCUT2D eigenvalue weighted by Gasteiger charge is -2.13. The quantitative estimate of drug-likeness (QED) is 0.440. The highest BCUT2D eigenvalue weighted by molar-refractivity contribution is 7.80. The van der Waals surface area contributed by atoms with E-state index in [0.717, 1.165) is 28.7 Å². The van der Waals surface area contributed by atoms with Gasteiger partial charge in [0.15, 0.2) is 5.11 Å². The Morgan fingerprint density at radius 2 is 1.82 bits per heavy atom. The number of aromatic nitrogens is 1. The van der Waals surface area contributed by atoms with Crippen LogP contribution in [0.25, 0.3) is 10.9 Å². The third-order valence-electron chi connectivity index (χ3n) is 4.41. The Morgan fingerprint density at radius 3 is 2.57 bits per heavy atom. The minimum atomic E-state index is -0.263. The summed E-state index contributed by atoms with van der Waals surface area (Å²) in [5.41, 5.74) is 9.73. The molecule has 3 rings (SSSR count). The zero-order valence-electron chi connectivity index (χ0n) is 16.1.